The lowest BCUT2D eigenvalue weighted by molar-refractivity contribution is 0.193. The molecule has 92 valence electrons. The lowest BCUT2D eigenvalue weighted by atomic mass is 10.2. The summed E-state index contributed by atoms with van der Waals surface area (Å²) in [5.41, 5.74) is 0.779. The highest BCUT2D eigenvalue weighted by Gasteiger charge is 2.20. The summed E-state index contributed by atoms with van der Waals surface area (Å²) in [7, 11) is 0. The number of imidazole rings is 2. The fraction of sp³-hybridized carbons (Fsp3) is 0.500. The van der Waals surface area contributed by atoms with E-state index in [2.05, 4.69) is 23.8 Å². The minimum Gasteiger partial charge on any atom is -0.379 e. The number of aliphatic hydroxyl groups is 1. The van der Waals surface area contributed by atoms with Crippen LogP contribution in [0.15, 0.2) is 24.9 Å². The average molecular weight is 234 g/mol. The van der Waals surface area contributed by atoms with Crippen LogP contribution in [0.4, 0.5) is 0 Å². The van der Waals surface area contributed by atoms with Gasteiger partial charge in [0.15, 0.2) is 6.10 Å². The van der Waals surface area contributed by atoms with E-state index in [0.29, 0.717) is 5.82 Å². The molecule has 0 aliphatic rings. The van der Waals surface area contributed by atoms with Crippen molar-refractivity contribution in [3.05, 3.63) is 36.4 Å². The van der Waals surface area contributed by atoms with Crippen LogP contribution in [0, 0.1) is 0 Å². The Morgan fingerprint density at radius 1 is 1.41 bits per heavy atom. The number of rotatable bonds is 4. The Labute approximate surface area is 101 Å². The van der Waals surface area contributed by atoms with Gasteiger partial charge < -0.3 is 14.2 Å². The van der Waals surface area contributed by atoms with Gasteiger partial charge in [0.1, 0.15) is 5.82 Å². The fourth-order valence-corrected chi connectivity index (χ4v) is 1.93. The lowest BCUT2D eigenvalue weighted by Crippen LogP contribution is -2.14. The third-order valence-corrected chi connectivity index (χ3v) is 2.87. The number of aliphatic hydroxyl groups excluding tert-OH is 1. The van der Waals surface area contributed by atoms with Crippen molar-refractivity contribution in [1.82, 2.24) is 19.1 Å². The monoisotopic (exact) mass is 234 g/mol. The molecule has 0 fully saturated rings. The number of hydrogen-bond donors (Lipinski definition) is 1. The van der Waals surface area contributed by atoms with Gasteiger partial charge in [-0.2, -0.15) is 0 Å². The van der Waals surface area contributed by atoms with Gasteiger partial charge in [-0.1, -0.05) is 0 Å². The largest absolute Gasteiger partial charge is 0.379 e. The molecular formula is C12H18N4O. The average Bonchev–Trinajstić information content (AvgIpc) is 2.96. The zero-order valence-electron chi connectivity index (χ0n) is 10.4. The number of aryl methyl sites for hydroxylation is 1. The number of hydrogen-bond acceptors (Lipinski definition) is 3. The molecule has 2 heterocycles. The lowest BCUT2D eigenvalue weighted by Gasteiger charge is -2.16. The molecule has 1 unspecified atom stereocenters. The molecule has 0 aliphatic carbocycles. The van der Waals surface area contributed by atoms with Crippen LogP contribution in [0.2, 0.25) is 0 Å². The van der Waals surface area contributed by atoms with Gasteiger partial charge in [-0.05, 0) is 20.8 Å². The quantitative estimate of drug-likeness (QED) is 0.877. The van der Waals surface area contributed by atoms with E-state index >= 15 is 0 Å². The van der Waals surface area contributed by atoms with Crippen LogP contribution in [-0.2, 0) is 6.54 Å². The number of nitrogens with zero attached hydrogens (tertiary/aromatic N) is 4. The molecule has 0 bridgehead atoms. The molecule has 0 aliphatic heterocycles. The van der Waals surface area contributed by atoms with Crippen LogP contribution in [0.1, 0.15) is 44.4 Å². The highest BCUT2D eigenvalue weighted by molar-refractivity contribution is 5.14. The van der Waals surface area contributed by atoms with E-state index in [0.717, 1.165) is 12.2 Å². The van der Waals surface area contributed by atoms with Gasteiger partial charge >= 0.3 is 0 Å². The predicted octanol–water partition coefficient (Wildman–Crippen LogP) is 1.76. The first-order chi connectivity index (χ1) is 8.15. The van der Waals surface area contributed by atoms with E-state index in [1.165, 1.54) is 0 Å². The Kier molecular flexibility index (Phi) is 3.28. The minimum atomic E-state index is -0.727. The molecule has 0 radical (unpaired) electrons. The van der Waals surface area contributed by atoms with Crippen molar-refractivity contribution < 1.29 is 5.11 Å². The molecule has 0 saturated carbocycles. The molecule has 0 amide bonds. The molecular weight excluding hydrogens is 216 g/mol. The molecule has 2 aromatic rings. The molecule has 1 atom stereocenters. The number of aromatic nitrogens is 4. The van der Waals surface area contributed by atoms with Gasteiger partial charge in [0, 0.05) is 25.0 Å². The Balaban J connectivity index is 2.37. The summed E-state index contributed by atoms with van der Waals surface area (Å²) < 4.78 is 3.89. The van der Waals surface area contributed by atoms with Crippen molar-refractivity contribution >= 4 is 0 Å². The van der Waals surface area contributed by atoms with Crippen LogP contribution < -0.4 is 0 Å². The van der Waals surface area contributed by atoms with E-state index in [1.54, 1.807) is 18.7 Å². The Hall–Kier alpha value is -1.62. The second-order valence-corrected chi connectivity index (χ2v) is 4.29. The van der Waals surface area contributed by atoms with Crippen molar-refractivity contribution in [2.24, 2.45) is 0 Å². The highest BCUT2D eigenvalue weighted by atomic mass is 16.3. The van der Waals surface area contributed by atoms with Crippen LogP contribution in [0.25, 0.3) is 0 Å². The van der Waals surface area contributed by atoms with Crippen molar-refractivity contribution in [3.63, 3.8) is 0 Å². The molecule has 0 aromatic carbocycles. The smallest absolute Gasteiger partial charge is 0.153 e. The van der Waals surface area contributed by atoms with Gasteiger partial charge in [0.25, 0.3) is 0 Å². The van der Waals surface area contributed by atoms with E-state index in [1.807, 2.05) is 22.3 Å². The Morgan fingerprint density at radius 3 is 2.82 bits per heavy atom. The van der Waals surface area contributed by atoms with E-state index < -0.39 is 6.10 Å². The first kappa shape index (κ1) is 11.9. The molecule has 5 nitrogen and oxygen atoms in total. The molecule has 2 aromatic heterocycles. The predicted molar refractivity (Wildman–Crippen MR) is 64.6 cm³/mol. The minimum absolute atomic E-state index is 0.271. The van der Waals surface area contributed by atoms with Crippen LogP contribution >= 0.6 is 0 Å². The van der Waals surface area contributed by atoms with Crippen molar-refractivity contribution in [1.29, 1.82) is 0 Å². The van der Waals surface area contributed by atoms with Crippen LogP contribution in [-0.4, -0.2) is 24.2 Å². The van der Waals surface area contributed by atoms with E-state index in [4.69, 9.17) is 0 Å². The van der Waals surface area contributed by atoms with Gasteiger partial charge in [0.2, 0.25) is 0 Å². The van der Waals surface area contributed by atoms with Crippen molar-refractivity contribution in [2.75, 3.05) is 0 Å². The molecule has 1 N–H and O–H groups in total. The first-order valence-electron chi connectivity index (χ1n) is 5.86. The summed E-state index contributed by atoms with van der Waals surface area (Å²) in [6.07, 6.45) is 6.28. The maximum absolute atomic E-state index is 10.4. The Morgan fingerprint density at radius 2 is 2.18 bits per heavy atom. The van der Waals surface area contributed by atoms with Gasteiger partial charge in [-0.15, -0.1) is 0 Å². The van der Waals surface area contributed by atoms with E-state index in [-0.39, 0.29) is 6.04 Å². The molecule has 0 saturated heterocycles. The molecule has 17 heavy (non-hydrogen) atoms. The standard InChI is InChI=1S/C12H18N4O/c1-4-15-6-5-14-12(15)11(17)10-7-13-8-16(10)9(2)3/h5-9,11,17H,4H2,1-3H3. The van der Waals surface area contributed by atoms with Crippen LogP contribution in [0.3, 0.4) is 0 Å². The van der Waals surface area contributed by atoms with Crippen LogP contribution in [0.5, 0.6) is 0 Å². The molecule has 2 rings (SSSR count). The van der Waals surface area contributed by atoms with Crippen molar-refractivity contribution in [3.8, 4) is 0 Å². The SMILES string of the molecule is CCn1ccnc1C(O)c1cncn1C(C)C. The van der Waals surface area contributed by atoms with Gasteiger partial charge in [0.05, 0.1) is 18.2 Å². The summed E-state index contributed by atoms with van der Waals surface area (Å²) >= 11 is 0. The molecule has 5 heteroatoms. The summed E-state index contributed by atoms with van der Waals surface area (Å²) in [6, 6.07) is 0.271. The van der Waals surface area contributed by atoms with Gasteiger partial charge in [-0.25, -0.2) is 9.97 Å². The Bertz CT molecular complexity index is 486. The fourth-order valence-electron chi connectivity index (χ4n) is 1.93. The second-order valence-electron chi connectivity index (χ2n) is 4.29. The van der Waals surface area contributed by atoms with Crippen molar-refractivity contribution in [2.45, 2.75) is 39.5 Å². The topological polar surface area (TPSA) is 55.9 Å². The summed E-state index contributed by atoms with van der Waals surface area (Å²) in [5, 5.41) is 10.4. The second kappa shape index (κ2) is 4.71. The summed E-state index contributed by atoms with van der Waals surface area (Å²) in [6.45, 7) is 6.94. The third-order valence-electron chi connectivity index (χ3n) is 2.87. The zero-order valence-corrected chi connectivity index (χ0v) is 10.4. The van der Waals surface area contributed by atoms with Gasteiger partial charge in [-0.3, -0.25) is 0 Å². The summed E-state index contributed by atoms with van der Waals surface area (Å²) in [5.74, 6) is 0.662. The highest BCUT2D eigenvalue weighted by Crippen LogP contribution is 2.22. The maximum atomic E-state index is 10.4. The normalized spacial score (nSPS) is 13.2. The summed E-state index contributed by atoms with van der Waals surface area (Å²) in [4.78, 5) is 8.31. The third kappa shape index (κ3) is 2.10. The zero-order chi connectivity index (χ0) is 12.4. The maximum Gasteiger partial charge on any atom is 0.153 e. The molecule has 0 spiro atoms. The first-order valence-corrected chi connectivity index (χ1v) is 5.86. The van der Waals surface area contributed by atoms with E-state index in [9.17, 15) is 5.11 Å².